The summed E-state index contributed by atoms with van der Waals surface area (Å²) in [5.41, 5.74) is 6.01. The molecule has 1 aromatic rings. The van der Waals surface area contributed by atoms with E-state index >= 15 is 0 Å². The molecule has 0 saturated heterocycles. The molecule has 0 spiro atoms. The molecule has 2 atom stereocenters. The molecule has 3 N–H and O–H groups in total. The molecule has 110 valence electrons. The van der Waals surface area contributed by atoms with E-state index in [0.717, 1.165) is 12.8 Å². The largest absolute Gasteiger partial charge is 0.384 e. The number of halogens is 1. The number of rotatable bonds is 5. The Kier molecular flexibility index (Phi) is 5.12. The summed E-state index contributed by atoms with van der Waals surface area (Å²) in [5.74, 6) is -0.0832. The number of nitrogens with one attached hydrogen (secondary N) is 1. The summed E-state index contributed by atoms with van der Waals surface area (Å²) in [6.45, 7) is 2.44. The van der Waals surface area contributed by atoms with Gasteiger partial charge in [-0.2, -0.15) is 0 Å². The molecule has 0 aromatic heterocycles. The summed E-state index contributed by atoms with van der Waals surface area (Å²) in [4.78, 5) is 0. The molecule has 0 radical (unpaired) electrons. The van der Waals surface area contributed by atoms with Gasteiger partial charge in [0, 0.05) is 5.56 Å². The minimum atomic E-state index is -0.427. The van der Waals surface area contributed by atoms with Gasteiger partial charge in [0.25, 0.3) is 0 Å². The molecule has 0 bridgehead atoms. The number of nitrogen functional groups attached to an aromatic ring is 1. The summed E-state index contributed by atoms with van der Waals surface area (Å²) >= 11 is 0. The van der Waals surface area contributed by atoms with Crippen molar-refractivity contribution in [2.75, 3.05) is 0 Å². The van der Waals surface area contributed by atoms with Crippen LogP contribution in [0, 0.1) is 17.1 Å². The van der Waals surface area contributed by atoms with Crippen LogP contribution in [0.5, 0.6) is 0 Å². The van der Waals surface area contributed by atoms with Gasteiger partial charge in [0.2, 0.25) is 0 Å². The molecule has 4 heteroatoms. The van der Waals surface area contributed by atoms with Crippen LogP contribution in [-0.2, 0) is 11.3 Å². The van der Waals surface area contributed by atoms with Gasteiger partial charge in [0.05, 0.1) is 18.3 Å². The summed E-state index contributed by atoms with van der Waals surface area (Å²) in [7, 11) is 0. The van der Waals surface area contributed by atoms with Gasteiger partial charge in [-0.1, -0.05) is 38.3 Å². The average Bonchev–Trinajstić information content (AvgIpc) is 2.46. The summed E-state index contributed by atoms with van der Waals surface area (Å²) < 4.78 is 20.1. The summed E-state index contributed by atoms with van der Waals surface area (Å²) in [6, 6.07) is 4.94. The first-order valence-electron chi connectivity index (χ1n) is 7.36. The molecular weight excluding hydrogens is 255 g/mol. The monoisotopic (exact) mass is 278 g/mol. The number of nitrogens with two attached hydrogens (primary N) is 1. The van der Waals surface area contributed by atoms with E-state index in [-0.39, 0.29) is 24.1 Å². The highest BCUT2D eigenvalue weighted by molar-refractivity contribution is 5.95. The van der Waals surface area contributed by atoms with Crippen LogP contribution in [0.1, 0.15) is 50.2 Å². The quantitative estimate of drug-likeness (QED) is 0.638. The Hall–Kier alpha value is -1.42. The molecule has 0 heterocycles. The van der Waals surface area contributed by atoms with Gasteiger partial charge in [-0.15, -0.1) is 0 Å². The molecule has 0 aliphatic heterocycles. The van der Waals surface area contributed by atoms with E-state index in [1.54, 1.807) is 12.1 Å². The van der Waals surface area contributed by atoms with Crippen LogP contribution in [0.15, 0.2) is 18.2 Å². The Labute approximate surface area is 119 Å². The Morgan fingerprint density at radius 2 is 2.15 bits per heavy atom. The highest BCUT2D eigenvalue weighted by Gasteiger charge is 2.24. The highest BCUT2D eigenvalue weighted by Crippen LogP contribution is 2.30. The normalized spacial score (nSPS) is 22.7. The first-order chi connectivity index (χ1) is 9.63. The second kappa shape index (κ2) is 6.84. The number of hydrogen-bond acceptors (Lipinski definition) is 2. The van der Waals surface area contributed by atoms with Crippen LogP contribution in [0.3, 0.4) is 0 Å². The zero-order valence-electron chi connectivity index (χ0n) is 12.0. The lowest BCUT2D eigenvalue weighted by molar-refractivity contribution is -0.0231. The van der Waals surface area contributed by atoms with Crippen molar-refractivity contribution < 1.29 is 9.13 Å². The van der Waals surface area contributed by atoms with Crippen LogP contribution in [0.2, 0.25) is 0 Å². The smallest absolute Gasteiger partial charge is 0.139 e. The van der Waals surface area contributed by atoms with Crippen molar-refractivity contribution in [1.29, 1.82) is 5.41 Å². The summed E-state index contributed by atoms with van der Waals surface area (Å²) in [5, 5.41) is 7.36. The third-order valence-corrected chi connectivity index (χ3v) is 4.19. The molecule has 0 amide bonds. The molecule has 1 saturated carbocycles. The highest BCUT2D eigenvalue weighted by atomic mass is 19.1. The molecule has 2 rings (SSSR count). The number of hydrogen-bond donors (Lipinski definition) is 2. The van der Waals surface area contributed by atoms with Crippen molar-refractivity contribution in [1.82, 2.24) is 0 Å². The van der Waals surface area contributed by atoms with E-state index in [2.05, 4.69) is 6.92 Å². The fraction of sp³-hybridized carbons (Fsp3) is 0.562. The van der Waals surface area contributed by atoms with E-state index in [9.17, 15) is 4.39 Å². The maximum absolute atomic E-state index is 14.2. The molecule has 3 nitrogen and oxygen atoms in total. The van der Waals surface area contributed by atoms with Gasteiger partial charge >= 0.3 is 0 Å². The molecule has 20 heavy (non-hydrogen) atoms. The van der Waals surface area contributed by atoms with E-state index in [1.807, 2.05) is 0 Å². The topological polar surface area (TPSA) is 59.1 Å². The lowest BCUT2D eigenvalue weighted by Crippen LogP contribution is -2.27. The van der Waals surface area contributed by atoms with E-state index in [0.29, 0.717) is 11.5 Å². The Bertz CT molecular complexity index is 476. The van der Waals surface area contributed by atoms with Crippen LogP contribution in [-0.4, -0.2) is 11.9 Å². The van der Waals surface area contributed by atoms with Gasteiger partial charge < -0.3 is 10.5 Å². The molecule has 1 aliphatic carbocycles. The predicted octanol–water partition coefficient (Wildman–Crippen LogP) is 3.60. The maximum atomic E-state index is 14.2. The molecular formula is C16H23FN2O. The standard InChI is InChI=1S/C16H23FN2O/c1-2-11-6-3-4-9-14(11)20-10-12-7-5-8-13(15(12)17)16(18)19/h5,7-8,11,14H,2-4,6,9-10H2,1H3,(H3,18,19). The fourth-order valence-electron chi connectivity index (χ4n) is 2.96. The fourth-order valence-corrected chi connectivity index (χ4v) is 2.96. The first-order valence-corrected chi connectivity index (χ1v) is 7.36. The third kappa shape index (κ3) is 3.37. The molecule has 1 aliphatic rings. The van der Waals surface area contributed by atoms with E-state index in [4.69, 9.17) is 15.9 Å². The Morgan fingerprint density at radius 1 is 1.40 bits per heavy atom. The zero-order chi connectivity index (χ0) is 14.5. The summed E-state index contributed by atoms with van der Waals surface area (Å²) in [6.07, 6.45) is 6.07. The predicted molar refractivity (Wildman–Crippen MR) is 78.2 cm³/mol. The van der Waals surface area contributed by atoms with Crippen molar-refractivity contribution >= 4 is 5.84 Å². The third-order valence-electron chi connectivity index (χ3n) is 4.19. The number of benzene rings is 1. The van der Waals surface area contributed by atoms with Crippen LogP contribution in [0.25, 0.3) is 0 Å². The average molecular weight is 278 g/mol. The van der Waals surface area contributed by atoms with Gasteiger partial charge in [0.1, 0.15) is 11.7 Å². The van der Waals surface area contributed by atoms with Crippen molar-refractivity contribution in [3.63, 3.8) is 0 Å². The second-order valence-corrected chi connectivity index (χ2v) is 5.49. The number of amidine groups is 1. The zero-order valence-corrected chi connectivity index (χ0v) is 12.0. The minimum absolute atomic E-state index is 0.154. The van der Waals surface area contributed by atoms with Crippen molar-refractivity contribution in [2.45, 2.75) is 51.7 Å². The van der Waals surface area contributed by atoms with E-state index < -0.39 is 5.82 Å². The molecule has 2 unspecified atom stereocenters. The molecule has 1 aromatic carbocycles. The van der Waals surface area contributed by atoms with Crippen LogP contribution >= 0.6 is 0 Å². The Morgan fingerprint density at radius 3 is 2.85 bits per heavy atom. The lowest BCUT2D eigenvalue weighted by atomic mass is 9.85. The maximum Gasteiger partial charge on any atom is 0.139 e. The van der Waals surface area contributed by atoms with Gasteiger partial charge in [-0.25, -0.2) is 4.39 Å². The van der Waals surface area contributed by atoms with Gasteiger partial charge in [0.15, 0.2) is 0 Å². The van der Waals surface area contributed by atoms with Crippen molar-refractivity contribution in [2.24, 2.45) is 11.7 Å². The van der Waals surface area contributed by atoms with Crippen LogP contribution in [0.4, 0.5) is 4.39 Å². The second-order valence-electron chi connectivity index (χ2n) is 5.49. The number of ether oxygens (including phenoxy) is 1. The Balaban J connectivity index is 2.03. The lowest BCUT2D eigenvalue weighted by Gasteiger charge is -2.30. The van der Waals surface area contributed by atoms with Crippen molar-refractivity contribution in [3.05, 3.63) is 35.1 Å². The van der Waals surface area contributed by atoms with Gasteiger partial charge in [-0.05, 0) is 24.8 Å². The minimum Gasteiger partial charge on any atom is -0.384 e. The van der Waals surface area contributed by atoms with E-state index in [1.165, 1.54) is 25.3 Å². The SMILES string of the molecule is CCC1CCCCC1OCc1cccc(C(=N)N)c1F. The first kappa shape index (κ1) is 15.0. The van der Waals surface area contributed by atoms with Crippen LogP contribution < -0.4 is 5.73 Å². The van der Waals surface area contributed by atoms with Gasteiger partial charge in [-0.3, -0.25) is 5.41 Å². The van der Waals surface area contributed by atoms with Crippen molar-refractivity contribution in [3.8, 4) is 0 Å². The molecule has 1 fully saturated rings.